The number of hydrogen-bond donors (Lipinski definition) is 3. The van der Waals surface area contributed by atoms with Gasteiger partial charge in [-0.2, -0.15) is 5.10 Å². The van der Waals surface area contributed by atoms with Gasteiger partial charge >= 0.3 is 0 Å². The minimum Gasteiger partial charge on any atom is -0.383 e. The fourth-order valence-electron chi connectivity index (χ4n) is 1.35. The molecule has 2 heterocycles. The van der Waals surface area contributed by atoms with Gasteiger partial charge in [0.05, 0.1) is 0 Å². The SMILES string of the molecule is Cn1nc(-c2c(N)ncnc2N)nc1C(N)=O. The smallest absolute Gasteiger partial charge is 0.286 e. The van der Waals surface area contributed by atoms with Crippen LogP contribution in [0.3, 0.4) is 0 Å². The zero-order chi connectivity index (χ0) is 12.6. The van der Waals surface area contributed by atoms with Crippen LogP contribution in [0.2, 0.25) is 0 Å². The molecule has 17 heavy (non-hydrogen) atoms. The lowest BCUT2D eigenvalue weighted by molar-refractivity contribution is 0.0986. The molecule has 0 aliphatic rings. The summed E-state index contributed by atoms with van der Waals surface area (Å²) in [6.45, 7) is 0. The lowest BCUT2D eigenvalue weighted by Crippen LogP contribution is -2.16. The maximum Gasteiger partial charge on any atom is 0.286 e. The van der Waals surface area contributed by atoms with Gasteiger partial charge in [0.1, 0.15) is 23.5 Å². The van der Waals surface area contributed by atoms with Gasteiger partial charge in [-0.3, -0.25) is 4.79 Å². The van der Waals surface area contributed by atoms with Gasteiger partial charge in [-0.25, -0.2) is 19.6 Å². The summed E-state index contributed by atoms with van der Waals surface area (Å²) in [5, 5.41) is 3.99. The Balaban J connectivity index is 2.62. The van der Waals surface area contributed by atoms with Gasteiger partial charge in [0.25, 0.3) is 5.91 Å². The van der Waals surface area contributed by atoms with Crippen LogP contribution in [0.4, 0.5) is 11.6 Å². The molecule has 2 aromatic heterocycles. The van der Waals surface area contributed by atoms with Crippen molar-refractivity contribution in [1.82, 2.24) is 24.7 Å². The Morgan fingerprint density at radius 3 is 2.35 bits per heavy atom. The van der Waals surface area contributed by atoms with Gasteiger partial charge in [-0.1, -0.05) is 0 Å². The molecule has 0 spiro atoms. The predicted molar refractivity (Wildman–Crippen MR) is 59.4 cm³/mol. The number of hydrogen-bond acceptors (Lipinski definition) is 7. The molecule has 0 atom stereocenters. The van der Waals surface area contributed by atoms with Crippen LogP contribution in [0.15, 0.2) is 6.33 Å². The number of anilines is 2. The summed E-state index contributed by atoms with van der Waals surface area (Å²) in [5.41, 5.74) is 16.7. The van der Waals surface area contributed by atoms with E-state index in [4.69, 9.17) is 17.2 Å². The Hall–Kier alpha value is -2.71. The van der Waals surface area contributed by atoms with Crippen LogP contribution >= 0.6 is 0 Å². The highest BCUT2D eigenvalue weighted by Gasteiger charge is 2.18. The van der Waals surface area contributed by atoms with E-state index in [1.807, 2.05) is 0 Å². The van der Waals surface area contributed by atoms with Crippen LogP contribution in [-0.2, 0) is 7.05 Å². The third kappa shape index (κ3) is 1.73. The van der Waals surface area contributed by atoms with Crippen LogP contribution in [0, 0.1) is 0 Å². The Kier molecular flexibility index (Phi) is 2.35. The number of carbonyl (C=O) groups is 1. The second-order valence-corrected chi connectivity index (χ2v) is 3.27. The van der Waals surface area contributed by atoms with Crippen LogP contribution in [0.25, 0.3) is 11.4 Å². The highest BCUT2D eigenvalue weighted by Crippen LogP contribution is 2.25. The minimum absolute atomic E-state index is 0.00246. The molecule has 0 fully saturated rings. The molecule has 0 aromatic carbocycles. The van der Waals surface area contributed by atoms with Crippen LogP contribution in [-0.4, -0.2) is 30.6 Å². The molecule has 1 amide bonds. The number of amides is 1. The average molecular weight is 234 g/mol. The molecular formula is C8H10N8O. The molecular weight excluding hydrogens is 224 g/mol. The van der Waals surface area contributed by atoms with Crippen molar-refractivity contribution in [2.45, 2.75) is 0 Å². The standard InChI is InChI=1S/C8H10N8O/c1-16-8(6(11)17)14-7(15-16)3-4(9)12-2-13-5(3)10/h2H,1H3,(H2,11,17)(H4,9,10,12,13). The molecule has 0 radical (unpaired) electrons. The topological polar surface area (TPSA) is 152 Å². The fraction of sp³-hybridized carbons (Fsp3) is 0.125. The van der Waals surface area contributed by atoms with Crippen molar-refractivity contribution in [1.29, 1.82) is 0 Å². The van der Waals surface area contributed by atoms with E-state index in [1.165, 1.54) is 18.1 Å². The number of aryl methyl sites for hydroxylation is 1. The molecule has 2 rings (SSSR count). The summed E-state index contributed by atoms with van der Waals surface area (Å²) in [6.07, 6.45) is 1.23. The summed E-state index contributed by atoms with van der Waals surface area (Å²) < 4.78 is 1.24. The minimum atomic E-state index is -0.694. The van der Waals surface area contributed by atoms with E-state index in [1.54, 1.807) is 0 Å². The van der Waals surface area contributed by atoms with E-state index in [2.05, 4.69) is 20.1 Å². The van der Waals surface area contributed by atoms with E-state index >= 15 is 0 Å². The first-order chi connectivity index (χ1) is 8.00. The van der Waals surface area contributed by atoms with Gasteiger partial charge in [0.15, 0.2) is 5.82 Å². The number of nitrogens with two attached hydrogens (primary N) is 3. The largest absolute Gasteiger partial charge is 0.383 e. The molecule has 88 valence electrons. The van der Waals surface area contributed by atoms with Crippen molar-refractivity contribution in [2.75, 3.05) is 11.5 Å². The maximum absolute atomic E-state index is 11.0. The summed E-state index contributed by atoms with van der Waals surface area (Å²) >= 11 is 0. The van der Waals surface area contributed by atoms with Gasteiger partial charge in [0.2, 0.25) is 5.82 Å². The van der Waals surface area contributed by atoms with Crippen LogP contribution < -0.4 is 17.2 Å². The second kappa shape index (κ2) is 3.70. The number of nitrogen functional groups attached to an aromatic ring is 2. The third-order valence-electron chi connectivity index (χ3n) is 2.11. The first kappa shape index (κ1) is 10.8. The first-order valence-corrected chi connectivity index (χ1v) is 4.58. The monoisotopic (exact) mass is 234 g/mol. The molecule has 0 saturated heterocycles. The molecule has 0 aliphatic heterocycles. The molecule has 0 saturated carbocycles. The Morgan fingerprint density at radius 2 is 1.88 bits per heavy atom. The van der Waals surface area contributed by atoms with Gasteiger partial charge < -0.3 is 17.2 Å². The van der Waals surface area contributed by atoms with Crippen LogP contribution in [0.1, 0.15) is 10.6 Å². The normalized spacial score (nSPS) is 10.4. The number of aromatic nitrogens is 5. The van der Waals surface area contributed by atoms with Crippen molar-refractivity contribution in [3.63, 3.8) is 0 Å². The number of rotatable bonds is 2. The van der Waals surface area contributed by atoms with E-state index in [-0.39, 0.29) is 28.8 Å². The molecule has 0 bridgehead atoms. The Morgan fingerprint density at radius 1 is 1.29 bits per heavy atom. The molecule has 0 aliphatic carbocycles. The summed E-state index contributed by atoms with van der Waals surface area (Å²) in [5.74, 6) is -0.252. The summed E-state index contributed by atoms with van der Waals surface area (Å²) in [6, 6.07) is 0. The zero-order valence-electron chi connectivity index (χ0n) is 8.95. The Bertz CT molecular complexity index is 569. The predicted octanol–water partition coefficient (Wildman–Crippen LogP) is -1.46. The maximum atomic E-state index is 11.0. The van der Waals surface area contributed by atoms with Crippen molar-refractivity contribution < 1.29 is 4.79 Å². The van der Waals surface area contributed by atoms with Crippen molar-refractivity contribution in [3.05, 3.63) is 12.2 Å². The quantitative estimate of drug-likeness (QED) is 0.573. The molecule has 2 aromatic rings. The third-order valence-corrected chi connectivity index (χ3v) is 2.11. The van der Waals surface area contributed by atoms with Crippen molar-refractivity contribution >= 4 is 17.5 Å². The fourth-order valence-corrected chi connectivity index (χ4v) is 1.35. The summed E-state index contributed by atoms with van der Waals surface area (Å²) in [7, 11) is 1.53. The van der Waals surface area contributed by atoms with E-state index in [9.17, 15) is 4.79 Å². The lowest BCUT2D eigenvalue weighted by Gasteiger charge is -2.01. The summed E-state index contributed by atoms with van der Waals surface area (Å²) in [4.78, 5) is 22.5. The van der Waals surface area contributed by atoms with Crippen LogP contribution in [0.5, 0.6) is 0 Å². The molecule has 9 nitrogen and oxygen atoms in total. The molecule has 6 N–H and O–H groups in total. The molecule has 9 heteroatoms. The highest BCUT2D eigenvalue weighted by atomic mass is 16.1. The number of primary amides is 1. The lowest BCUT2D eigenvalue weighted by atomic mass is 10.2. The van der Waals surface area contributed by atoms with E-state index in [0.29, 0.717) is 0 Å². The second-order valence-electron chi connectivity index (χ2n) is 3.27. The van der Waals surface area contributed by atoms with Gasteiger partial charge in [-0.05, 0) is 0 Å². The first-order valence-electron chi connectivity index (χ1n) is 4.58. The average Bonchev–Trinajstić information content (AvgIpc) is 2.60. The Labute approximate surface area is 95.7 Å². The number of carbonyl (C=O) groups excluding carboxylic acids is 1. The highest BCUT2D eigenvalue weighted by molar-refractivity contribution is 5.90. The number of nitrogens with zero attached hydrogens (tertiary/aromatic N) is 5. The zero-order valence-corrected chi connectivity index (χ0v) is 8.95. The van der Waals surface area contributed by atoms with Crippen molar-refractivity contribution in [3.8, 4) is 11.4 Å². The van der Waals surface area contributed by atoms with Crippen molar-refractivity contribution in [2.24, 2.45) is 12.8 Å². The van der Waals surface area contributed by atoms with E-state index < -0.39 is 5.91 Å². The molecule has 0 unspecified atom stereocenters. The van der Waals surface area contributed by atoms with Gasteiger partial charge in [-0.15, -0.1) is 0 Å². The van der Waals surface area contributed by atoms with Gasteiger partial charge in [0, 0.05) is 7.05 Å². The van der Waals surface area contributed by atoms with E-state index in [0.717, 1.165) is 0 Å².